The standard InChI is InChI=1S/C14H21NO3S/c1-3-7-15-8-9-18-14(11-15)12-5-4-6-13(10-12)19(2,16)17/h4-6,10,14H,3,7-9,11H2,1-2H3. The normalized spacial score (nSPS) is 21.5. The molecule has 1 aliphatic rings. The summed E-state index contributed by atoms with van der Waals surface area (Å²) in [5.74, 6) is 0. The Morgan fingerprint density at radius 1 is 1.42 bits per heavy atom. The van der Waals surface area contributed by atoms with E-state index in [1.165, 1.54) is 6.26 Å². The second kappa shape index (κ2) is 6.03. The lowest BCUT2D eigenvalue weighted by molar-refractivity contribution is -0.0299. The van der Waals surface area contributed by atoms with E-state index >= 15 is 0 Å². The molecule has 1 aromatic carbocycles. The number of hydrogen-bond donors (Lipinski definition) is 0. The van der Waals surface area contributed by atoms with Crippen molar-refractivity contribution in [2.45, 2.75) is 24.3 Å². The summed E-state index contributed by atoms with van der Waals surface area (Å²) < 4.78 is 28.9. The lowest BCUT2D eigenvalue weighted by Crippen LogP contribution is -2.38. The van der Waals surface area contributed by atoms with Crippen LogP contribution in [0.2, 0.25) is 0 Å². The zero-order chi connectivity index (χ0) is 13.9. The Hall–Kier alpha value is -0.910. The molecule has 1 unspecified atom stereocenters. The van der Waals surface area contributed by atoms with Gasteiger partial charge in [0.1, 0.15) is 0 Å². The van der Waals surface area contributed by atoms with E-state index in [1.807, 2.05) is 6.07 Å². The lowest BCUT2D eigenvalue weighted by Gasteiger charge is -2.33. The summed E-state index contributed by atoms with van der Waals surface area (Å²) in [5, 5.41) is 0. The van der Waals surface area contributed by atoms with E-state index in [-0.39, 0.29) is 6.10 Å². The van der Waals surface area contributed by atoms with Crippen LogP contribution in [0, 0.1) is 0 Å². The Labute approximate surface area is 115 Å². The molecule has 0 amide bonds. The van der Waals surface area contributed by atoms with Gasteiger partial charge in [0.15, 0.2) is 9.84 Å². The van der Waals surface area contributed by atoms with Gasteiger partial charge < -0.3 is 4.74 Å². The maximum absolute atomic E-state index is 11.6. The summed E-state index contributed by atoms with van der Waals surface area (Å²) in [7, 11) is -3.16. The molecular weight excluding hydrogens is 262 g/mol. The first-order chi connectivity index (χ1) is 9.00. The topological polar surface area (TPSA) is 46.6 Å². The van der Waals surface area contributed by atoms with Crippen LogP contribution in [0.25, 0.3) is 0 Å². The zero-order valence-corrected chi connectivity index (χ0v) is 12.3. The van der Waals surface area contributed by atoms with Crippen molar-refractivity contribution >= 4 is 9.84 Å². The molecule has 1 saturated heterocycles. The van der Waals surface area contributed by atoms with Crippen LogP contribution < -0.4 is 0 Å². The molecule has 4 nitrogen and oxygen atoms in total. The SMILES string of the molecule is CCCN1CCOC(c2cccc(S(C)(=O)=O)c2)C1. The smallest absolute Gasteiger partial charge is 0.175 e. The van der Waals surface area contributed by atoms with Crippen LogP contribution in [-0.4, -0.2) is 45.8 Å². The van der Waals surface area contributed by atoms with Gasteiger partial charge >= 0.3 is 0 Å². The van der Waals surface area contributed by atoms with Gasteiger partial charge in [-0.25, -0.2) is 8.42 Å². The van der Waals surface area contributed by atoms with E-state index in [4.69, 9.17) is 4.74 Å². The first-order valence-corrected chi connectivity index (χ1v) is 8.54. The predicted molar refractivity (Wildman–Crippen MR) is 75.0 cm³/mol. The summed E-state index contributed by atoms with van der Waals surface area (Å²) in [6, 6.07) is 7.09. The third-order valence-corrected chi connectivity index (χ3v) is 4.46. The van der Waals surface area contributed by atoms with E-state index in [2.05, 4.69) is 11.8 Å². The van der Waals surface area contributed by atoms with Gasteiger partial charge in [0.25, 0.3) is 0 Å². The Morgan fingerprint density at radius 2 is 2.21 bits per heavy atom. The number of hydrogen-bond acceptors (Lipinski definition) is 4. The van der Waals surface area contributed by atoms with E-state index in [1.54, 1.807) is 18.2 Å². The fraction of sp³-hybridized carbons (Fsp3) is 0.571. The number of morpholine rings is 1. The van der Waals surface area contributed by atoms with E-state index in [0.29, 0.717) is 11.5 Å². The van der Waals surface area contributed by atoms with Gasteiger partial charge in [-0.2, -0.15) is 0 Å². The highest BCUT2D eigenvalue weighted by Gasteiger charge is 2.22. The van der Waals surface area contributed by atoms with Crippen LogP contribution in [0.4, 0.5) is 0 Å². The molecule has 2 rings (SSSR count). The minimum Gasteiger partial charge on any atom is -0.371 e. The third kappa shape index (κ3) is 3.78. The number of rotatable bonds is 4. The largest absolute Gasteiger partial charge is 0.371 e. The maximum Gasteiger partial charge on any atom is 0.175 e. The van der Waals surface area contributed by atoms with Crippen LogP contribution in [0.15, 0.2) is 29.2 Å². The van der Waals surface area contributed by atoms with Gasteiger partial charge in [-0.05, 0) is 30.7 Å². The maximum atomic E-state index is 11.6. The molecule has 0 N–H and O–H groups in total. The van der Waals surface area contributed by atoms with E-state index < -0.39 is 9.84 Å². The van der Waals surface area contributed by atoms with Crippen molar-refractivity contribution in [1.82, 2.24) is 4.90 Å². The Kier molecular flexibility index (Phi) is 4.60. The second-order valence-corrected chi connectivity index (χ2v) is 7.02. The zero-order valence-electron chi connectivity index (χ0n) is 11.5. The van der Waals surface area contributed by atoms with Gasteiger partial charge in [-0.1, -0.05) is 19.1 Å². The molecule has 0 saturated carbocycles. The van der Waals surface area contributed by atoms with Crippen molar-refractivity contribution in [3.63, 3.8) is 0 Å². The predicted octanol–water partition coefficient (Wildman–Crippen LogP) is 1.87. The molecule has 1 aromatic rings. The van der Waals surface area contributed by atoms with Crippen LogP contribution >= 0.6 is 0 Å². The average Bonchev–Trinajstić information content (AvgIpc) is 2.39. The van der Waals surface area contributed by atoms with Crippen molar-refractivity contribution in [3.05, 3.63) is 29.8 Å². The minimum absolute atomic E-state index is 0.0259. The molecule has 0 radical (unpaired) electrons. The number of benzene rings is 1. The Bertz CT molecular complexity index is 525. The first-order valence-electron chi connectivity index (χ1n) is 6.64. The number of nitrogens with zero attached hydrogens (tertiary/aromatic N) is 1. The lowest BCUT2D eigenvalue weighted by atomic mass is 10.1. The molecule has 0 aliphatic carbocycles. The summed E-state index contributed by atoms with van der Waals surface area (Å²) in [4.78, 5) is 2.72. The number of ether oxygens (including phenoxy) is 1. The monoisotopic (exact) mass is 283 g/mol. The summed E-state index contributed by atoms with van der Waals surface area (Å²) in [6.07, 6.45) is 2.33. The molecule has 0 spiro atoms. The molecular formula is C14H21NO3S. The first kappa shape index (κ1) is 14.5. The number of sulfone groups is 1. The molecule has 0 aromatic heterocycles. The summed E-state index contributed by atoms with van der Waals surface area (Å²) in [6.45, 7) is 5.71. The van der Waals surface area contributed by atoms with Crippen molar-refractivity contribution in [2.24, 2.45) is 0 Å². The average molecular weight is 283 g/mol. The van der Waals surface area contributed by atoms with Crippen LogP contribution in [-0.2, 0) is 14.6 Å². The van der Waals surface area contributed by atoms with Gasteiger partial charge in [0.2, 0.25) is 0 Å². The van der Waals surface area contributed by atoms with E-state index in [9.17, 15) is 8.42 Å². The minimum atomic E-state index is -3.16. The molecule has 0 bridgehead atoms. The quantitative estimate of drug-likeness (QED) is 0.846. The molecule has 1 atom stereocenters. The molecule has 1 fully saturated rings. The highest BCUT2D eigenvalue weighted by atomic mass is 32.2. The van der Waals surface area contributed by atoms with Crippen molar-refractivity contribution in [1.29, 1.82) is 0 Å². The van der Waals surface area contributed by atoms with Gasteiger partial charge in [0.05, 0.1) is 17.6 Å². The Morgan fingerprint density at radius 3 is 2.89 bits per heavy atom. The molecule has 1 heterocycles. The molecule has 1 aliphatic heterocycles. The van der Waals surface area contributed by atoms with Gasteiger partial charge in [-0.3, -0.25) is 4.90 Å². The molecule has 19 heavy (non-hydrogen) atoms. The summed E-state index contributed by atoms with van der Waals surface area (Å²) in [5.41, 5.74) is 0.948. The summed E-state index contributed by atoms with van der Waals surface area (Å²) >= 11 is 0. The van der Waals surface area contributed by atoms with Crippen molar-refractivity contribution in [2.75, 3.05) is 32.5 Å². The van der Waals surface area contributed by atoms with Crippen LogP contribution in [0.5, 0.6) is 0 Å². The third-order valence-electron chi connectivity index (χ3n) is 3.35. The fourth-order valence-corrected chi connectivity index (χ4v) is 3.04. The Balaban J connectivity index is 2.17. The van der Waals surface area contributed by atoms with Crippen molar-refractivity contribution in [3.8, 4) is 0 Å². The molecule has 106 valence electrons. The fourth-order valence-electron chi connectivity index (χ4n) is 2.37. The van der Waals surface area contributed by atoms with Gasteiger partial charge in [-0.15, -0.1) is 0 Å². The van der Waals surface area contributed by atoms with E-state index in [0.717, 1.165) is 31.6 Å². The van der Waals surface area contributed by atoms with Gasteiger partial charge in [0, 0.05) is 19.3 Å². The highest BCUT2D eigenvalue weighted by Crippen LogP contribution is 2.24. The second-order valence-electron chi connectivity index (χ2n) is 5.00. The van der Waals surface area contributed by atoms with Crippen molar-refractivity contribution < 1.29 is 13.2 Å². The van der Waals surface area contributed by atoms with Crippen LogP contribution in [0.1, 0.15) is 25.0 Å². The molecule has 5 heteroatoms. The van der Waals surface area contributed by atoms with Crippen LogP contribution in [0.3, 0.4) is 0 Å². The highest BCUT2D eigenvalue weighted by molar-refractivity contribution is 7.90.